The van der Waals surface area contributed by atoms with Crippen LogP contribution in [0.2, 0.25) is 0 Å². The van der Waals surface area contributed by atoms with E-state index in [0.29, 0.717) is 47.7 Å². The Morgan fingerprint density at radius 3 is 2.41 bits per heavy atom. The van der Waals surface area contributed by atoms with E-state index in [4.69, 9.17) is 13.9 Å². The molecule has 0 bridgehead atoms. The van der Waals surface area contributed by atoms with E-state index in [1.165, 1.54) is 0 Å². The third-order valence-corrected chi connectivity index (χ3v) is 4.54. The maximum atomic E-state index is 10.6. The molecule has 0 fully saturated rings. The lowest BCUT2D eigenvalue weighted by atomic mass is 10.1. The lowest BCUT2D eigenvalue weighted by Crippen LogP contribution is -2.39. The summed E-state index contributed by atoms with van der Waals surface area (Å²) in [7, 11) is 3.15. The van der Waals surface area contributed by atoms with Gasteiger partial charge in [0.15, 0.2) is 5.96 Å². The van der Waals surface area contributed by atoms with Crippen LogP contribution in [0.15, 0.2) is 64.2 Å². The lowest BCUT2D eigenvalue weighted by molar-refractivity contribution is 0.180. The van der Waals surface area contributed by atoms with Crippen LogP contribution in [0.5, 0.6) is 11.5 Å². The van der Waals surface area contributed by atoms with Crippen molar-refractivity contribution in [1.29, 1.82) is 0 Å². The number of benzene rings is 2. The van der Waals surface area contributed by atoms with Crippen molar-refractivity contribution < 1.29 is 19.0 Å². The molecule has 8 nitrogen and oxygen atoms in total. The molecule has 0 aliphatic carbocycles. The SMILES string of the molecule is CCNC(=NCc1coc(-c2ccccc2)n1)NCC(O)c1cc(OC)cc(OC)c1.I. The molecule has 1 unspecified atom stereocenters. The molecule has 3 aromatic rings. The van der Waals surface area contributed by atoms with Crippen molar-refractivity contribution in [2.45, 2.75) is 19.6 Å². The number of hydrogen-bond donors (Lipinski definition) is 3. The van der Waals surface area contributed by atoms with Crippen LogP contribution in [0.4, 0.5) is 0 Å². The largest absolute Gasteiger partial charge is 0.497 e. The molecule has 3 N–H and O–H groups in total. The highest BCUT2D eigenvalue weighted by Crippen LogP contribution is 2.26. The first-order valence-electron chi connectivity index (χ1n) is 10.1. The average Bonchev–Trinajstić information content (AvgIpc) is 3.30. The summed E-state index contributed by atoms with van der Waals surface area (Å²) in [6.07, 6.45) is 0.830. The third-order valence-electron chi connectivity index (χ3n) is 4.54. The van der Waals surface area contributed by atoms with Crippen molar-refractivity contribution in [2.24, 2.45) is 4.99 Å². The van der Waals surface area contributed by atoms with Gasteiger partial charge < -0.3 is 29.6 Å². The van der Waals surface area contributed by atoms with Crippen molar-refractivity contribution in [3.8, 4) is 23.0 Å². The highest BCUT2D eigenvalue weighted by molar-refractivity contribution is 14.0. The molecule has 1 heterocycles. The summed E-state index contributed by atoms with van der Waals surface area (Å²) in [6, 6.07) is 15.0. The first kappa shape index (κ1) is 25.5. The molecule has 1 atom stereocenters. The number of oxazole rings is 1. The number of aliphatic hydroxyl groups is 1. The molecular weight excluding hydrogens is 523 g/mol. The fraction of sp³-hybridized carbons (Fsp3) is 0.304. The zero-order chi connectivity index (χ0) is 22.1. The minimum atomic E-state index is -0.774. The summed E-state index contributed by atoms with van der Waals surface area (Å²) in [6.45, 7) is 3.26. The lowest BCUT2D eigenvalue weighted by Gasteiger charge is -2.17. The summed E-state index contributed by atoms with van der Waals surface area (Å²) in [4.78, 5) is 9.02. The fourth-order valence-corrected chi connectivity index (χ4v) is 2.93. The number of aliphatic hydroxyl groups excluding tert-OH is 1. The number of methoxy groups -OCH3 is 2. The second-order valence-corrected chi connectivity index (χ2v) is 6.75. The number of nitrogens with zero attached hydrogens (tertiary/aromatic N) is 2. The molecule has 9 heteroatoms. The Labute approximate surface area is 205 Å². The van der Waals surface area contributed by atoms with Gasteiger partial charge in [-0.25, -0.2) is 9.98 Å². The number of aliphatic imine (C=N–C) groups is 1. The molecule has 0 radical (unpaired) electrons. The number of guanidine groups is 1. The van der Waals surface area contributed by atoms with Crippen molar-refractivity contribution in [1.82, 2.24) is 15.6 Å². The Morgan fingerprint density at radius 2 is 1.78 bits per heavy atom. The van der Waals surface area contributed by atoms with E-state index in [0.717, 1.165) is 5.56 Å². The molecule has 1 aromatic heterocycles. The van der Waals surface area contributed by atoms with Gasteiger partial charge in [-0.2, -0.15) is 0 Å². The van der Waals surface area contributed by atoms with Gasteiger partial charge in [0.1, 0.15) is 23.5 Å². The van der Waals surface area contributed by atoms with E-state index in [1.54, 1.807) is 38.7 Å². The van der Waals surface area contributed by atoms with Gasteiger partial charge in [-0.1, -0.05) is 18.2 Å². The first-order chi connectivity index (χ1) is 15.1. The number of nitrogens with one attached hydrogen (secondary N) is 2. The minimum absolute atomic E-state index is 0. The molecule has 0 saturated heterocycles. The van der Waals surface area contributed by atoms with Gasteiger partial charge in [-0.15, -0.1) is 24.0 Å². The van der Waals surface area contributed by atoms with Crippen LogP contribution in [0.1, 0.15) is 24.3 Å². The Hall–Kier alpha value is -2.79. The molecule has 32 heavy (non-hydrogen) atoms. The number of halogens is 1. The van der Waals surface area contributed by atoms with Gasteiger partial charge in [-0.05, 0) is 36.8 Å². The zero-order valence-corrected chi connectivity index (χ0v) is 20.7. The van der Waals surface area contributed by atoms with E-state index in [2.05, 4.69) is 20.6 Å². The summed E-state index contributed by atoms with van der Waals surface area (Å²) < 4.78 is 16.1. The predicted molar refractivity (Wildman–Crippen MR) is 135 cm³/mol. The molecule has 2 aromatic carbocycles. The van der Waals surface area contributed by atoms with Crippen LogP contribution in [-0.2, 0) is 6.54 Å². The number of hydrogen-bond acceptors (Lipinski definition) is 6. The fourth-order valence-electron chi connectivity index (χ4n) is 2.93. The molecular formula is C23H29IN4O4. The Kier molecular flexibility index (Phi) is 10.3. The van der Waals surface area contributed by atoms with E-state index in [-0.39, 0.29) is 30.5 Å². The zero-order valence-electron chi connectivity index (χ0n) is 18.4. The van der Waals surface area contributed by atoms with Gasteiger partial charge in [-0.3, -0.25) is 0 Å². The van der Waals surface area contributed by atoms with E-state index < -0.39 is 6.10 Å². The summed E-state index contributed by atoms with van der Waals surface area (Å²) in [5.41, 5.74) is 2.32. The summed E-state index contributed by atoms with van der Waals surface area (Å²) in [5.74, 6) is 2.37. The van der Waals surface area contributed by atoms with Crippen LogP contribution in [0.25, 0.3) is 11.5 Å². The topological polar surface area (TPSA) is 101 Å². The molecule has 0 spiro atoms. The van der Waals surface area contributed by atoms with Crippen LogP contribution < -0.4 is 20.1 Å². The van der Waals surface area contributed by atoms with Crippen molar-refractivity contribution in [3.05, 3.63) is 66.1 Å². The molecule has 0 aliphatic heterocycles. The second-order valence-electron chi connectivity index (χ2n) is 6.75. The van der Waals surface area contributed by atoms with E-state index in [9.17, 15) is 5.11 Å². The third kappa shape index (κ3) is 7.13. The molecule has 3 rings (SSSR count). The van der Waals surface area contributed by atoms with Gasteiger partial charge in [0.2, 0.25) is 5.89 Å². The Bertz CT molecular complexity index is 972. The average molecular weight is 552 g/mol. The second kappa shape index (κ2) is 12.9. The van der Waals surface area contributed by atoms with Crippen molar-refractivity contribution >= 4 is 29.9 Å². The van der Waals surface area contributed by atoms with Crippen LogP contribution in [0, 0.1) is 0 Å². The standard InChI is InChI=1S/C23H28N4O4.HI/c1-4-24-23(25-13-18-15-31-22(27-18)16-8-6-5-7-9-16)26-14-21(28)17-10-19(29-2)12-20(11-17)30-3;/h5-12,15,21,28H,4,13-14H2,1-3H3,(H2,24,25,26);1H. The highest BCUT2D eigenvalue weighted by Gasteiger charge is 2.12. The van der Waals surface area contributed by atoms with Crippen LogP contribution >= 0.6 is 24.0 Å². The monoisotopic (exact) mass is 552 g/mol. The Morgan fingerprint density at radius 1 is 1.09 bits per heavy atom. The normalized spacial score (nSPS) is 11.9. The molecule has 172 valence electrons. The highest BCUT2D eigenvalue weighted by atomic mass is 127. The van der Waals surface area contributed by atoms with Crippen molar-refractivity contribution in [3.63, 3.8) is 0 Å². The quantitative estimate of drug-likeness (QED) is 0.211. The van der Waals surface area contributed by atoms with Gasteiger partial charge in [0, 0.05) is 24.7 Å². The van der Waals surface area contributed by atoms with Crippen LogP contribution in [0.3, 0.4) is 0 Å². The van der Waals surface area contributed by atoms with Crippen molar-refractivity contribution in [2.75, 3.05) is 27.3 Å². The number of rotatable bonds is 9. The maximum absolute atomic E-state index is 10.6. The molecule has 0 saturated carbocycles. The molecule has 0 aliphatic rings. The molecule has 0 amide bonds. The summed E-state index contributed by atoms with van der Waals surface area (Å²) in [5, 5.41) is 16.9. The van der Waals surface area contributed by atoms with Gasteiger partial charge in [0.25, 0.3) is 0 Å². The van der Waals surface area contributed by atoms with E-state index >= 15 is 0 Å². The smallest absolute Gasteiger partial charge is 0.226 e. The summed E-state index contributed by atoms with van der Waals surface area (Å²) >= 11 is 0. The Balaban J connectivity index is 0.00000363. The van der Waals surface area contributed by atoms with Gasteiger partial charge >= 0.3 is 0 Å². The minimum Gasteiger partial charge on any atom is -0.497 e. The van der Waals surface area contributed by atoms with E-state index in [1.807, 2.05) is 37.3 Å². The predicted octanol–water partition coefficient (Wildman–Crippen LogP) is 3.77. The maximum Gasteiger partial charge on any atom is 0.226 e. The van der Waals surface area contributed by atoms with Crippen LogP contribution in [-0.4, -0.2) is 43.4 Å². The number of ether oxygens (including phenoxy) is 2. The first-order valence-corrected chi connectivity index (χ1v) is 10.1. The number of aromatic nitrogens is 1. The van der Waals surface area contributed by atoms with Gasteiger partial charge in [0.05, 0.1) is 26.9 Å².